The van der Waals surface area contributed by atoms with E-state index in [1.807, 2.05) is 0 Å². The van der Waals surface area contributed by atoms with E-state index in [9.17, 15) is 0 Å². The number of unbranched alkanes of at least 4 members (excludes halogenated alkanes) is 1. The summed E-state index contributed by atoms with van der Waals surface area (Å²) in [6.07, 6.45) is 4.05. The average Bonchev–Trinajstić information content (AvgIpc) is 3.07. The van der Waals surface area contributed by atoms with Gasteiger partial charge in [0.15, 0.2) is 0 Å². The van der Waals surface area contributed by atoms with Gasteiger partial charge < -0.3 is 9.64 Å². The maximum absolute atomic E-state index is 6.55. The van der Waals surface area contributed by atoms with Crippen LogP contribution < -0.4 is 0 Å². The molecule has 2 nitrogen and oxygen atoms in total. The van der Waals surface area contributed by atoms with Crippen LogP contribution in [-0.4, -0.2) is 30.6 Å². The van der Waals surface area contributed by atoms with Gasteiger partial charge in [0.25, 0.3) is 0 Å². The van der Waals surface area contributed by atoms with Gasteiger partial charge in [0.1, 0.15) is 6.10 Å². The molecule has 3 rings (SSSR count). The Bertz CT molecular complexity index is 529. The molecule has 0 amide bonds. The van der Waals surface area contributed by atoms with Gasteiger partial charge in [0.2, 0.25) is 0 Å². The molecule has 0 aromatic heterocycles. The highest BCUT2D eigenvalue weighted by Crippen LogP contribution is 2.29. The number of hydrogen-bond donors (Lipinski definition) is 0. The molecule has 0 aliphatic carbocycles. The predicted molar refractivity (Wildman–Crippen MR) is 95.6 cm³/mol. The topological polar surface area (TPSA) is 12.5 Å². The number of likely N-dealkylation sites (tertiary alicyclic amines) is 1. The summed E-state index contributed by atoms with van der Waals surface area (Å²) in [4.78, 5) is 2.54. The minimum atomic E-state index is 0.0357. The van der Waals surface area contributed by atoms with E-state index in [0.717, 1.165) is 13.0 Å². The van der Waals surface area contributed by atoms with Crippen molar-refractivity contribution in [2.24, 2.45) is 0 Å². The highest BCUT2D eigenvalue weighted by atomic mass is 16.5. The van der Waals surface area contributed by atoms with Crippen molar-refractivity contribution in [3.05, 3.63) is 71.8 Å². The van der Waals surface area contributed by atoms with Crippen molar-refractivity contribution >= 4 is 0 Å². The maximum Gasteiger partial charge on any atom is 0.108 e. The van der Waals surface area contributed by atoms with Crippen LogP contribution in [0.1, 0.15) is 43.4 Å². The fourth-order valence-electron chi connectivity index (χ4n) is 3.29. The quantitative estimate of drug-likeness (QED) is 0.737. The molecule has 0 saturated carbocycles. The van der Waals surface area contributed by atoms with Crippen molar-refractivity contribution in [3.63, 3.8) is 0 Å². The molecule has 1 atom stereocenters. The lowest BCUT2D eigenvalue weighted by Gasteiger charge is -2.23. The number of hydrogen-bond acceptors (Lipinski definition) is 2. The van der Waals surface area contributed by atoms with Gasteiger partial charge in [-0.1, -0.05) is 74.0 Å². The van der Waals surface area contributed by atoms with Gasteiger partial charge in [-0.15, -0.1) is 0 Å². The first-order valence-electron chi connectivity index (χ1n) is 8.84. The largest absolute Gasteiger partial charge is 0.364 e. The first kappa shape index (κ1) is 16.2. The molecule has 1 fully saturated rings. The third-order valence-corrected chi connectivity index (χ3v) is 4.59. The Morgan fingerprint density at radius 1 is 1.00 bits per heavy atom. The summed E-state index contributed by atoms with van der Waals surface area (Å²) in [7, 11) is 0. The van der Waals surface area contributed by atoms with E-state index in [1.165, 1.54) is 37.1 Å². The van der Waals surface area contributed by atoms with E-state index >= 15 is 0 Å². The van der Waals surface area contributed by atoms with Crippen molar-refractivity contribution in [1.82, 2.24) is 4.90 Å². The molecule has 2 heteroatoms. The van der Waals surface area contributed by atoms with Crippen LogP contribution in [0.25, 0.3) is 0 Å². The smallest absolute Gasteiger partial charge is 0.108 e. The molecule has 0 bridgehead atoms. The normalized spacial score (nSPS) is 18.6. The van der Waals surface area contributed by atoms with Gasteiger partial charge >= 0.3 is 0 Å². The van der Waals surface area contributed by atoms with Gasteiger partial charge in [-0.2, -0.15) is 0 Å². The standard InChI is InChI=1S/C21H27NO/c1-2-3-15-22-16-14-20(17-22)23-21(18-10-6-4-7-11-18)19-12-8-5-9-13-19/h4-13,20-21H,2-3,14-17H2,1H3. The number of nitrogens with zero attached hydrogens (tertiary/aromatic N) is 1. The first-order chi connectivity index (χ1) is 11.4. The zero-order valence-corrected chi connectivity index (χ0v) is 14.0. The highest BCUT2D eigenvalue weighted by Gasteiger charge is 2.26. The fourth-order valence-corrected chi connectivity index (χ4v) is 3.29. The van der Waals surface area contributed by atoms with E-state index in [-0.39, 0.29) is 6.10 Å². The fraction of sp³-hybridized carbons (Fsp3) is 0.429. The molecule has 1 heterocycles. The van der Waals surface area contributed by atoms with Gasteiger partial charge in [-0.25, -0.2) is 0 Å². The summed E-state index contributed by atoms with van der Waals surface area (Å²) < 4.78 is 6.55. The Morgan fingerprint density at radius 2 is 1.61 bits per heavy atom. The molecule has 1 unspecified atom stereocenters. The Morgan fingerprint density at radius 3 is 2.17 bits per heavy atom. The highest BCUT2D eigenvalue weighted by molar-refractivity contribution is 5.30. The van der Waals surface area contributed by atoms with Gasteiger partial charge in [0.05, 0.1) is 6.10 Å². The van der Waals surface area contributed by atoms with Crippen LogP contribution in [0.3, 0.4) is 0 Å². The Balaban J connectivity index is 1.70. The van der Waals surface area contributed by atoms with Gasteiger partial charge in [-0.05, 0) is 30.5 Å². The SMILES string of the molecule is CCCCN1CCC(OC(c2ccccc2)c2ccccc2)C1. The summed E-state index contributed by atoms with van der Waals surface area (Å²) in [5.74, 6) is 0. The lowest BCUT2D eigenvalue weighted by Crippen LogP contribution is -2.25. The summed E-state index contributed by atoms with van der Waals surface area (Å²) in [5, 5.41) is 0. The van der Waals surface area contributed by atoms with Crippen LogP contribution in [0.2, 0.25) is 0 Å². The lowest BCUT2D eigenvalue weighted by molar-refractivity contribution is 0.0142. The molecule has 0 N–H and O–H groups in total. The maximum atomic E-state index is 6.55. The molecule has 122 valence electrons. The van der Waals surface area contributed by atoms with Crippen molar-refractivity contribution < 1.29 is 4.74 Å². The molecule has 0 radical (unpaired) electrons. The van der Waals surface area contributed by atoms with E-state index < -0.39 is 0 Å². The third-order valence-electron chi connectivity index (χ3n) is 4.59. The average molecular weight is 309 g/mol. The number of benzene rings is 2. The summed E-state index contributed by atoms with van der Waals surface area (Å²) in [6.45, 7) is 5.69. The van der Waals surface area contributed by atoms with Crippen LogP contribution in [0.15, 0.2) is 60.7 Å². The van der Waals surface area contributed by atoms with Crippen molar-refractivity contribution in [1.29, 1.82) is 0 Å². The molecule has 2 aromatic carbocycles. The second kappa shape index (κ2) is 8.28. The van der Waals surface area contributed by atoms with E-state index in [1.54, 1.807) is 0 Å². The number of rotatable bonds is 7. The second-order valence-electron chi connectivity index (χ2n) is 6.40. The Hall–Kier alpha value is -1.64. The van der Waals surface area contributed by atoms with Crippen molar-refractivity contribution in [3.8, 4) is 0 Å². The first-order valence-corrected chi connectivity index (χ1v) is 8.84. The lowest BCUT2D eigenvalue weighted by atomic mass is 10.0. The van der Waals surface area contributed by atoms with Crippen LogP contribution in [0.5, 0.6) is 0 Å². The van der Waals surface area contributed by atoms with Gasteiger partial charge in [-0.3, -0.25) is 0 Å². The monoisotopic (exact) mass is 309 g/mol. The minimum Gasteiger partial charge on any atom is -0.364 e. The third kappa shape index (κ3) is 4.43. The molecular weight excluding hydrogens is 282 g/mol. The zero-order chi connectivity index (χ0) is 15.9. The molecule has 1 aliphatic rings. The van der Waals surface area contributed by atoms with Crippen LogP contribution in [-0.2, 0) is 4.74 Å². The molecule has 1 aliphatic heterocycles. The zero-order valence-electron chi connectivity index (χ0n) is 14.0. The molecule has 2 aromatic rings. The predicted octanol–water partition coefficient (Wildman–Crippen LogP) is 4.67. The van der Waals surface area contributed by atoms with Crippen molar-refractivity contribution in [2.75, 3.05) is 19.6 Å². The Kier molecular flexibility index (Phi) is 5.84. The minimum absolute atomic E-state index is 0.0357. The second-order valence-corrected chi connectivity index (χ2v) is 6.40. The molecule has 23 heavy (non-hydrogen) atoms. The van der Waals surface area contributed by atoms with Crippen LogP contribution in [0.4, 0.5) is 0 Å². The van der Waals surface area contributed by atoms with E-state index in [0.29, 0.717) is 6.10 Å². The van der Waals surface area contributed by atoms with Crippen LogP contribution in [0, 0.1) is 0 Å². The van der Waals surface area contributed by atoms with Crippen LogP contribution >= 0.6 is 0 Å². The summed E-state index contributed by atoms with van der Waals surface area (Å²) in [6, 6.07) is 21.2. The summed E-state index contributed by atoms with van der Waals surface area (Å²) >= 11 is 0. The van der Waals surface area contributed by atoms with Crippen molar-refractivity contribution in [2.45, 2.75) is 38.4 Å². The number of ether oxygens (including phenoxy) is 1. The van der Waals surface area contributed by atoms with E-state index in [2.05, 4.69) is 72.5 Å². The molecular formula is C21H27NO. The molecule has 0 spiro atoms. The summed E-state index contributed by atoms with van der Waals surface area (Å²) in [5.41, 5.74) is 2.48. The Labute approximate surface area is 140 Å². The van der Waals surface area contributed by atoms with Gasteiger partial charge in [0, 0.05) is 13.1 Å². The molecule has 1 saturated heterocycles. The van der Waals surface area contributed by atoms with E-state index in [4.69, 9.17) is 4.74 Å².